The SMILES string of the molecule is CN(C)CCOc1cc(F)cc(-c2nccc3[nH]c(-c4n[nH]c5ccc(-c6cncc(NC(=O)C(C)(C)C)c6)nc45)nc23)c1. The summed E-state index contributed by atoms with van der Waals surface area (Å²) in [5.74, 6) is 0.363. The second-order valence-electron chi connectivity index (χ2n) is 11.8. The first kappa shape index (κ1) is 28.9. The van der Waals surface area contributed by atoms with Crippen LogP contribution in [0.1, 0.15) is 20.8 Å². The van der Waals surface area contributed by atoms with Gasteiger partial charge in [0.2, 0.25) is 5.91 Å². The number of likely N-dealkylation sites (N-methyl/N-ethyl adjacent to an activating group) is 1. The van der Waals surface area contributed by atoms with Gasteiger partial charge in [-0.25, -0.2) is 14.4 Å². The minimum Gasteiger partial charge on any atom is -0.492 e. The van der Waals surface area contributed by atoms with Crippen LogP contribution in [0.25, 0.3) is 56.1 Å². The number of imidazole rings is 1. The van der Waals surface area contributed by atoms with E-state index in [0.717, 1.165) is 11.1 Å². The number of amides is 1. The molecule has 0 unspecified atom stereocenters. The molecule has 6 rings (SSSR count). The molecule has 1 amide bonds. The van der Waals surface area contributed by atoms with Gasteiger partial charge in [0.05, 0.1) is 34.3 Å². The number of benzene rings is 1. The second kappa shape index (κ2) is 11.5. The van der Waals surface area contributed by atoms with E-state index in [-0.39, 0.29) is 5.91 Å². The average Bonchev–Trinajstić information content (AvgIpc) is 3.60. The van der Waals surface area contributed by atoms with Crippen molar-refractivity contribution in [3.05, 3.63) is 66.9 Å². The normalized spacial score (nSPS) is 11.9. The summed E-state index contributed by atoms with van der Waals surface area (Å²) in [4.78, 5) is 36.3. The van der Waals surface area contributed by atoms with E-state index in [1.54, 1.807) is 30.7 Å². The van der Waals surface area contributed by atoms with Crippen molar-refractivity contribution < 1.29 is 13.9 Å². The van der Waals surface area contributed by atoms with Crippen LogP contribution in [0.2, 0.25) is 0 Å². The minimum atomic E-state index is -0.544. The number of hydrogen-bond acceptors (Lipinski definition) is 8. The molecule has 0 radical (unpaired) electrons. The summed E-state index contributed by atoms with van der Waals surface area (Å²) < 4.78 is 20.4. The number of aromatic nitrogens is 7. The molecule has 0 saturated heterocycles. The molecule has 0 fully saturated rings. The highest BCUT2D eigenvalue weighted by molar-refractivity contribution is 5.96. The maximum atomic E-state index is 14.6. The predicted octanol–water partition coefficient (Wildman–Crippen LogP) is 5.69. The van der Waals surface area contributed by atoms with Crippen LogP contribution in [0.5, 0.6) is 5.75 Å². The summed E-state index contributed by atoms with van der Waals surface area (Å²) in [7, 11) is 3.90. The first-order chi connectivity index (χ1) is 21.0. The van der Waals surface area contributed by atoms with E-state index in [2.05, 4.69) is 30.5 Å². The number of nitrogens with one attached hydrogen (secondary N) is 3. The van der Waals surface area contributed by atoms with Crippen molar-refractivity contribution in [2.45, 2.75) is 20.8 Å². The van der Waals surface area contributed by atoms with Crippen molar-refractivity contribution in [2.75, 3.05) is 32.6 Å². The number of anilines is 1. The summed E-state index contributed by atoms with van der Waals surface area (Å²) in [6, 6.07) is 11.9. The van der Waals surface area contributed by atoms with Crippen LogP contribution in [0.3, 0.4) is 0 Å². The van der Waals surface area contributed by atoms with Crippen LogP contribution in [0.4, 0.5) is 10.1 Å². The summed E-state index contributed by atoms with van der Waals surface area (Å²) in [6.07, 6.45) is 4.94. The average molecular weight is 594 g/mol. The lowest BCUT2D eigenvalue weighted by Gasteiger charge is -2.17. The summed E-state index contributed by atoms with van der Waals surface area (Å²) in [5.41, 5.74) is 5.59. The highest BCUT2D eigenvalue weighted by Crippen LogP contribution is 2.33. The number of ether oxygens (including phenoxy) is 1. The molecule has 0 aliphatic carbocycles. The molecule has 3 N–H and O–H groups in total. The third kappa shape index (κ3) is 5.97. The van der Waals surface area contributed by atoms with E-state index >= 15 is 0 Å². The van der Waals surface area contributed by atoms with Gasteiger partial charge in [-0.3, -0.25) is 19.9 Å². The predicted molar refractivity (Wildman–Crippen MR) is 168 cm³/mol. The van der Waals surface area contributed by atoms with Crippen LogP contribution >= 0.6 is 0 Å². The van der Waals surface area contributed by atoms with Crippen molar-refractivity contribution >= 4 is 33.7 Å². The van der Waals surface area contributed by atoms with Gasteiger partial charge in [0, 0.05) is 41.5 Å². The molecular formula is C32H32FN9O2. The van der Waals surface area contributed by atoms with Crippen molar-refractivity contribution in [1.29, 1.82) is 0 Å². The highest BCUT2D eigenvalue weighted by atomic mass is 19.1. The van der Waals surface area contributed by atoms with E-state index in [4.69, 9.17) is 14.7 Å². The zero-order valence-electron chi connectivity index (χ0n) is 25.1. The van der Waals surface area contributed by atoms with E-state index in [9.17, 15) is 9.18 Å². The lowest BCUT2D eigenvalue weighted by molar-refractivity contribution is -0.123. The Balaban J connectivity index is 1.35. The second-order valence-corrected chi connectivity index (χ2v) is 11.8. The Morgan fingerprint density at radius 3 is 2.59 bits per heavy atom. The fourth-order valence-electron chi connectivity index (χ4n) is 4.58. The zero-order chi connectivity index (χ0) is 31.0. The Bertz CT molecular complexity index is 1990. The van der Waals surface area contributed by atoms with Crippen LogP contribution < -0.4 is 10.1 Å². The Morgan fingerprint density at radius 1 is 0.977 bits per heavy atom. The number of aromatic amines is 2. The van der Waals surface area contributed by atoms with Gasteiger partial charge in [0.1, 0.15) is 29.2 Å². The fraction of sp³-hybridized carbons (Fsp3) is 0.250. The van der Waals surface area contributed by atoms with Gasteiger partial charge in [0.15, 0.2) is 11.5 Å². The van der Waals surface area contributed by atoms with Crippen molar-refractivity contribution in [2.24, 2.45) is 5.41 Å². The zero-order valence-corrected chi connectivity index (χ0v) is 25.1. The Labute approximate surface area is 252 Å². The number of hydrogen-bond donors (Lipinski definition) is 3. The van der Waals surface area contributed by atoms with Gasteiger partial charge in [-0.2, -0.15) is 5.10 Å². The third-order valence-electron chi connectivity index (χ3n) is 6.96. The smallest absolute Gasteiger partial charge is 0.229 e. The first-order valence-corrected chi connectivity index (χ1v) is 14.1. The van der Waals surface area contributed by atoms with Gasteiger partial charge in [-0.1, -0.05) is 20.8 Å². The molecule has 5 heterocycles. The molecule has 0 aliphatic rings. The van der Waals surface area contributed by atoms with Gasteiger partial charge in [0.25, 0.3) is 0 Å². The molecule has 12 heteroatoms. The molecule has 0 atom stereocenters. The number of carbonyl (C=O) groups excluding carboxylic acids is 1. The first-order valence-electron chi connectivity index (χ1n) is 14.1. The number of nitrogens with zero attached hydrogens (tertiary/aromatic N) is 6. The maximum Gasteiger partial charge on any atom is 0.229 e. The molecule has 224 valence electrons. The van der Waals surface area contributed by atoms with Crippen LogP contribution in [0, 0.1) is 11.2 Å². The van der Waals surface area contributed by atoms with Crippen LogP contribution in [0.15, 0.2) is 61.1 Å². The standard InChI is InChI=1S/C32H32FN9O2/c1-32(2,3)31(43)36-21-13-19(16-34-17-21)23-6-7-25-28(37-23)29(41-40-25)30-38-24-8-9-35-26(27(24)39-30)18-12-20(33)15-22(14-18)44-11-10-42(4)5/h6-9,12-17H,10-11H2,1-5H3,(H,36,43)(H,38,39)(H,40,41). The molecular weight excluding hydrogens is 561 g/mol. The molecule has 0 spiro atoms. The molecule has 5 aromatic heterocycles. The van der Waals surface area contributed by atoms with E-state index in [1.807, 2.05) is 58.0 Å². The number of carbonyl (C=O) groups is 1. The summed E-state index contributed by atoms with van der Waals surface area (Å²) in [5, 5.41) is 10.4. The molecule has 1 aromatic carbocycles. The number of H-pyrrole nitrogens is 2. The Morgan fingerprint density at radius 2 is 1.80 bits per heavy atom. The van der Waals surface area contributed by atoms with Gasteiger partial charge < -0.3 is 19.9 Å². The molecule has 6 aromatic rings. The number of fused-ring (bicyclic) bond motifs is 2. The lowest BCUT2D eigenvalue weighted by atomic mass is 9.95. The minimum absolute atomic E-state index is 0.109. The van der Waals surface area contributed by atoms with Crippen molar-refractivity contribution in [3.8, 4) is 39.8 Å². The molecule has 11 nitrogen and oxygen atoms in total. The number of halogens is 1. The van der Waals surface area contributed by atoms with E-state index < -0.39 is 11.2 Å². The van der Waals surface area contributed by atoms with Gasteiger partial charge >= 0.3 is 0 Å². The fourth-order valence-corrected chi connectivity index (χ4v) is 4.58. The monoisotopic (exact) mass is 593 g/mol. The van der Waals surface area contributed by atoms with Crippen LogP contribution in [-0.4, -0.2) is 73.2 Å². The topological polar surface area (TPSA) is 138 Å². The number of rotatable bonds is 8. The van der Waals surface area contributed by atoms with Crippen molar-refractivity contribution in [3.63, 3.8) is 0 Å². The lowest BCUT2D eigenvalue weighted by Crippen LogP contribution is -2.27. The largest absolute Gasteiger partial charge is 0.492 e. The number of pyridine rings is 3. The Hall–Kier alpha value is -5.23. The van der Waals surface area contributed by atoms with Crippen molar-refractivity contribution in [1.82, 2.24) is 40.0 Å². The maximum absolute atomic E-state index is 14.6. The molecule has 0 saturated carbocycles. The highest BCUT2D eigenvalue weighted by Gasteiger charge is 2.22. The molecule has 44 heavy (non-hydrogen) atoms. The molecule has 0 bridgehead atoms. The van der Waals surface area contributed by atoms with Crippen LogP contribution in [-0.2, 0) is 4.79 Å². The van der Waals surface area contributed by atoms with Gasteiger partial charge in [-0.15, -0.1) is 0 Å². The van der Waals surface area contributed by atoms with Gasteiger partial charge in [-0.05, 0) is 50.5 Å². The quantitative estimate of drug-likeness (QED) is 0.205. The third-order valence-corrected chi connectivity index (χ3v) is 6.96. The Kier molecular flexibility index (Phi) is 7.52. The summed E-state index contributed by atoms with van der Waals surface area (Å²) >= 11 is 0. The molecule has 0 aliphatic heterocycles. The van der Waals surface area contributed by atoms with E-state index in [1.165, 1.54) is 12.1 Å². The summed E-state index contributed by atoms with van der Waals surface area (Å²) in [6.45, 7) is 6.68. The van der Waals surface area contributed by atoms with E-state index in [0.29, 0.717) is 69.6 Å².